The molecule has 1 aromatic heterocycles. The summed E-state index contributed by atoms with van der Waals surface area (Å²) in [5.74, 6) is -0.327. The van der Waals surface area contributed by atoms with E-state index in [9.17, 15) is 4.79 Å². The number of nitrogens with one attached hydrogen (secondary N) is 2. The third-order valence-corrected chi connectivity index (χ3v) is 2.14. The van der Waals surface area contributed by atoms with Crippen LogP contribution in [0.1, 0.15) is 16.1 Å². The van der Waals surface area contributed by atoms with Gasteiger partial charge in [0.2, 0.25) is 0 Å². The van der Waals surface area contributed by atoms with E-state index in [0.717, 1.165) is 5.56 Å². The molecule has 2 rings (SSSR count). The number of benzene rings is 1. The van der Waals surface area contributed by atoms with Crippen molar-refractivity contribution in [2.75, 3.05) is 5.32 Å². The van der Waals surface area contributed by atoms with E-state index < -0.39 is 0 Å². The summed E-state index contributed by atoms with van der Waals surface area (Å²) >= 11 is 0. The van der Waals surface area contributed by atoms with Crippen molar-refractivity contribution < 1.29 is 4.79 Å². The molecule has 0 unspecified atom stereocenters. The fourth-order valence-corrected chi connectivity index (χ4v) is 1.30. The Bertz CT molecular complexity index is 538. The normalized spacial score (nSPS) is 9.59. The van der Waals surface area contributed by atoms with Gasteiger partial charge in [0.15, 0.2) is 5.69 Å². The lowest BCUT2D eigenvalue weighted by Crippen LogP contribution is -2.12. The van der Waals surface area contributed by atoms with Crippen molar-refractivity contribution in [3.05, 3.63) is 41.7 Å². The highest BCUT2D eigenvalue weighted by Crippen LogP contribution is 2.10. The number of aromatic nitrogens is 3. The molecule has 0 atom stereocenters. The lowest BCUT2D eigenvalue weighted by atomic mass is 10.1. The molecule has 0 fully saturated rings. The van der Waals surface area contributed by atoms with E-state index in [0.29, 0.717) is 12.1 Å². The quantitative estimate of drug-likeness (QED) is 0.821. The Morgan fingerprint density at radius 3 is 2.76 bits per heavy atom. The molecule has 0 aliphatic carbocycles. The predicted molar refractivity (Wildman–Crippen MR) is 60.1 cm³/mol. The molecule has 0 aliphatic heterocycles. The molecule has 0 saturated heterocycles. The number of carbonyl (C=O) groups excluding carboxylic acids is 1. The number of hydrogen-bond acceptors (Lipinski definition) is 4. The zero-order chi connectivity index (χ0) is 12.1. The average molecular weight is 227 g/mol. The molecule has 1 heterocycles. The fraction of sp³-hybridized carbons (Fsp3) is 0.0909. The minimum atomic E-state index is -0.327. The third kappa shape index (κ3) is 2.66. The number of H-pyrrole nitrogens is 1. The Morgan fingerprint density at radius 1 is 1.41 bits per heavy atom. The number of amides is 1. The van der Waals surface area contributed by atoms with E-state index >= 15 is 0 Å². The molecule has 6 heteroatoms. The summed E-state index contributed by atoms with van der Waals surface area (Å²) in [6.07, 6.45) is 1.71. The maximum Gasteiger partial charge on any atom is 0.277 e. The summed E-state index contributed by atoms with van der Waals surface area (Å²) < 4.78 is 0. The molecular formula is C11H9N5O. The molecule has 0 bridgehead atoms. The van der Waals surface area contributed by atoms with Crippen molar-refractivity contribution in [1.29, 1.82) is 5.26 Å². The van der Waals surface area contributed by atoms with Gasteiger partial charge in [-0.1, -0.05) is 12.1 Å². The average Bonchev–Trinajstić information content (AvgIpc) is 2.86. The third-order valence-electron chi connectivity index (χ3n) is 2.14. The zero-order valence-electron chi connectivity index (χ0n) is 8.84. The molecule has 84 valence electrons. The molecule has 0 saturated carbocycles. The summed E-state index contributed by atoms with van der Waals surface area (Å²) in [6, 6.07) is 9.12. The van der Waals surface area contributed by atoms with E-state index in [1.54, 1.807) is 24.3 Å². The van der Waals surface area contributed by atoms with Crippen LogP contribution in [0.5, 0.6) is 0 Å². The van der Waals surface area contributed by atoms with Crippen molar-refractivity contribution in [3.8, 4) is 6.07 Å². The van der Waals surface area contributed by atoms with Gasteiger partial charge in [0.05, 0.1) is 18.7 Å². The number of hydrogen-bond donors (Lipinski definition) is 2. The lowest BCUT2D eigenvalue weighted by Gasteiger charge is -2.03. The molecule has 0 spiro atoms. The lowest BCUT2D eigenvalue weighted by molar-refractivity contribution is 0.102. The van der Waals surface area contributed by atoms with Gasteiger partial charge in [0.25, 0.3) is 5.91 Å². The van der Waals surface area contributed by atoms with Crippen molar-refractivity contribution >= 4 is 11.6 Å². The van der Waals surface area contributed by atoms with Gasteiger partial charge < -0.3 is 5.32 Å². The molecule has 1 aromatic carbocycles. The first-order valence-corrected chi connectivity index (χ1v) is 4.92. The van der Waals surface area contributed by atoms with Crippen molar-refractivity contribution in [2.24, 2.45) is 0 Å². The summed E-state index contributed by atoms with van der Waals surface area (Å²) in [6.45, 7) is 0. The van der Waals surface area contributed by atoms with Crippen LogP contribution in [0.15, 0.2) is 30.5 Å². The Labute approximate surface area is 97.3 Å². The second-order valence-electron chi connectivity index (χ2n) is 3.34. The summed E-state index contributed by atoms with van der Waals surface area (Å²) in [5, 5.41) is 20.8. The molecule has 2 N–H and O–H groups in total. The molecule has 0 aliphatic rings. The van der Waals surface area contributed by atoms with E-state index in [1.807, 2.05) is 0 Å². The molecule has 6 nitrogen and oxygen atoms in total. The highest BCUT2D eigenvalue weighted by molar-refractivity contribution is 6.02. The molecule has 0 radical (unpaired) electrons. The Kier molecular flexibility index (Phi) is 3.12. The fourth-order valence-electron chi connectivity index (χ4n) is 1.30. The summed E-state index contributed by atoms with van der Waals surface area (Å²) in [5.41, 5.74) is 1.79. The molecular weight excluding hydrogens is 218 g/mol. The Hall–Kier alpha value is -2.68. The SMILES string of the molecule is N#CCc1ccc(NC(=O)c2cn[nH]n2)cc1. The van der Waals surface area contributed by atoms with Crippen LogP contribution in [-0.2, 0) is 6.42 Å². The smallest absolute Gasteiger partial charge is 0.277 e. The van der Waals surface area contributed by atoms with Crippen LogP contribution in [0.3, 0.4) is 0 Å². The van der Waals surface area contributed by atoms with Gasteiger partial charge in [0.1, 0.15) is 0 Å². The van der Waals surface area contributed by atoms with Crippen molar-refractivity contribution in [3.63, 3.8) is 0 Å². The van der Waals surface area contributed by atoms with Gasteiger partial charge in [-0.25, -0.2) is 0 Å². The minimum absolute atomic E-state index is 0.228. The summed E-state index contributed by atoms with van der Waals surface area (Å²) in [4.78, 5) is 11.6. The van der Waals surface area contributed by atoms with E-state index in [-0.39, 0.29) is 11.6 Å². The number of nitrogens with zero attached hydrogens (tertiary/aromatic N) is 3. The number of carbonyl (C=O) groups is 1. The van der Waals surface area contributed by atoms with Crippen LogP contribution < -0.4 is 5.32 Å². The minimum Gasteiger partial charge on any atom is -0.321 e. The van der Waals surface area contributed by atoms with Crippen molar-refractivity contribution in [2.45, 2.75) is 6.42 Å². The van der Waals surface area contributed by atoms with Crippen LogP contribution in [-0.4, -0.2) is 21.3 Å². The maximum atomic E-state index is 11.6. The number of aromatic amines is 1. The topological polar surface area (TPSA) is 94.5 Å². The second-order valence-corrected chi connectivity index (χ2v) is 3.34. The van der Waals surface area contributed by atoms with Crippen molar-refractivity contribution in [1.82, 2.24) is 15.4 Å². The number of nitriles is 1. The Balaban J connectivity index is 2.05. The highest BCUT2D eigenvalue weighted by Gasteiger charge is 2.08. The van der Waals surface area contributed by atoms with Gasteiger partial charge in [-0.15, -0.1) is 0 Å². The predicted octanol–water partition coefficient (Wildman–Crippen LogP) is 1.12. The van der Waals surface area contributed by atoms with Crippen LogP contribution >= 0.6 is 0 Å². The van der Waals surface area contributed by atoms with Crippen LogP contribution in [0.2, 0.25) is 0 Å². The first kappa shape index (κ1) is 10.8. The van der Waals surface area contributed by atoms with E-state index in [1.165, 1.54) is 6.20 Å². The molecule has 17 heavy (non-hydrogen) atoms. The largest absolute Gasteiger partial charge is 0.321 e. The molecule has 1 amide bonds. The van der Waals surface area contributed by atoms with E-state index in [4.69, 9.17) is 5.26 Å². The van der Waals surface area contributed by atoms with E-state index in [2.05, 4.69) is 26.8 Å². The first-order chi connectivity index (χ1) is 8.29. The van der Waals surface area contributed by atoms with Gasteiger partial charge in [-0.05, 0) is 17.7 Å². The standard InChI is InChI=1S/C11H9N5O/c12-6-5-8-1-3-9(4-2-8)14-11(17)10-7-13-16-15-10/h1-4,7H,5H2,(H,14,17)(H,13,15,16). The number of rotatable bonds is 3. The van der Waals surface area contributed by atoms with Gasteiger partial charge in [-0.2, -0.15) is 20.7 Å². The van der Waals surface area contributed by atoms with Crippen LogP contribution in [0.4, 0.5) is 5.69 Å². The van der Waals surface area contributed by atoms with Crippen LogP contribution in [0.25, 0.3) is 0 Å². The maximum absolute atomic E-state index is 11.6. The van der Waals surface area contributed by atoms with Gasteiger partial charge in [-0.3, -0.25) is 4.79 Å². The number of anilines is 1. The Morgan fingerprint density at radius 2 is 2.18 bits per heavy atom. The summed E-state index contributed by atoms with van der Waals surface area (Å²) in [7, 11) is 0. The zero-order valence-corrected chi connectivity index (χ0v) is 8.84. The van der Waals surface area contributed by atoms with Gasteiger partial charge >= 0.3 is 0 Å². The van der Waals surface area contributed by atoms with Crippen LogP contribution in [0, 0.1) is 11.3 Å². The van der Waals surface area contributed by atoms with Gasteiger partial charge in [0, 0.05) is 5.69 Å². The first-order valence-electron chi connectivity index (χ1n) is 4.92. The second kappa shape index (κ2) is 4.90. The monoisotopic (exact) mass is 227 g/mol. The highest BCUT2D eigenvalue weighted by atomic mass is 16.2. The molecule has 2 aromatic rings.